The van der Waals surface area contributed by atoms with Gasteiger partial charge in [-0.1, -0.05) is 24.3 Å². The first-order valence-corrected chi connectivity index (χ1v) is 12.0. The fraction of sp³-hybridized carbons (Fsp3) is 0.320. The molecule has 1 saturated heterocycles. The molecule has 3 aromatic rings. The highest BCUT2D eigenvalue weighted by Crippen LogP contribution is 2.30. The lowest BCUT2D eigenvalue weighted by Crippen LogP contribution is -2.39. The normalized spacial score (nSPS) is 20.6. The van der Waals surface area contributed by atoms with Crippen LogP contribution in [0.4, 0.5) is 5.82 Å². The molecule has 7 nitrogen and oxygen atoms in total. The first kappa shape index (κ1) is 21.9. The summed E-state index contributed by atoms with van der Waals surface area (Å²) in [6.45, 7) is 1.30. The molecule has 5 rings (SSSR count). The molecule has 33 heavy (non-hydrogen) atoms. The van der Waals surface area contributed by atoms with E-state index in [0.717, 1.165) is 45.6 Å². The van der Waals surface area contributed by atoms with Crippen molar-refractivity contribution in [3.05, 3.63) is 59.9 Å². The van der Waals surface area contributed by atoms with Crippen molar-refractivity contribution in [3.8, 4) is 5.75 Å². The average Bonchev–Trinajstić information content (AvgIpc) is 2.86. The topological polar surface area (TPSA) is 85.4 Å². The summed E-state index contributed by atoms with van der Waals surface area (Å²) >= 11 is 1.53. The number of hydrogen-bond donors (Lipinski definition) is 2. The summed E-state index contributed by atoms with van der Waals surface area (Å²) in [5, 5.41) is 7.45. The van der Waals surface area contributed by atoms with Crippen molar-refractivity contribution in [1.82, 2.24) is 15.3 Å². The van der Waals surface area contributed by atoms with Crippen LogP contribution in [0.3, 0.4) is 0 Å². The fourth-order valence-corrected chi connectivity index (χ4v) is 4.81. The van der Waals surface area contributed by atoms with E-state index in [-0.39, 0.29) is 18.1 Å². The number of hydrogen-bond acceptors (Lipinski definition) is 7. The summed E-state index contributed by atoms with van der Waals surface area (Å²) in [4.78, 5) is 21.7. The van der Waals surface area contributed by atoms with Gasteiger partial charge in [0.2, 0.25) is 5.91 Å². The minimum absolute atomic E-state index is 0.00351. The van der Waals surface area contributed by atoms with Crippen molar-refractivity contribution < 1.29 is 14.3 Å². The van der Waals surface area contributed by atoms with Gasteiger partial charge in [0.25, 0.3) is 0 Å². The predicted octanol–water partition coefficient (Wildman–Crippen LogP) is 4.03. The number of amides is 1. The van der Waals surface area contributed by atoms with Gasteiger partial charge < -0.3 is 20.1 Å². The van der Waals surface area contributed by atoms with E-state index >= 15 is 0 Å². The number of fused-ring (bicyclic) bond motifs is 2. The van der Waals surface area contributed by atoms with Gasteiger partial charge in [0, 0.05) is 18.0 Å². The standard InChI is InChI=1S/C25H26N4O3S/c1-31-20-11-21-16(3-2-4-22(21)27-13-20)5-8-19-9-6-18(14-32-19)26-12-17-7-10-23-25(28-17)29-24(30)15-33-23/h2-5,7-8,10-11,13,18-19,26H,6,9,12,14-15H2,1H3,(H,28,29,30)/b8-5+/t18-,19-/m1/s1. The van der Waals surface area contributed by atoms with E-state index in [1.54, 1.807) is 13.3 Å². The number of ether oxygens (including phenoxy) is 2. The Hall–Kier alpha value is -2.94. The number of thioether (sulfide) groups is 1. The minimum Gasteiger partial charge on any atom is -0.495 e. The van der Waals surface area contributed by atoms with Crippen molar-refractivity contribution in [2.24, 2.45) is 0 Å². The summed E-state index contributed by atoms with van der Waals surface area (Å²) in [6.07, 6.45) is 8.05. The second-order valence-corrected chi connectivity index (χ2v) is 9.18. The Morgan fingerprint density at radius 3 is 3.09 bits per heavy atom. The monoisotopic (exact) mass is 462 g/mol. The zero-order chi connectivity index (χ0) is 22.6. The number of aromatic nitrogens is 2. The molecular weight excluding hydrogens is 436 g/mol. The van der Waals surface area contributed by atoms with Crippen LogP contribution < -0.4 is 15.4 Å². The number of carbonyl (C=O) groups excluding carboxylic acids is 1. The Labute approximate surface area is 197 Å². The van der Waals surface area contributed by atoms with Crippen LogP contribution in [0.25, 0.3) is 17.0 Å². The number of nitrogens with zero attached hydrogens (tertiary/aromatic N) is 2. The lowest BCUT2D eigenvalue weighted by molar-refractivity contribution is -0.113. The van der Waals surface area contributed by atoms with Gasteiger partial charge in [0.05, 0.1) is 47.9 Å². The van der Waals surface area contributed by atoms with E-state index in [4.69, 9.17) is 9.47 Å². The van der Waals surface area contributed by atoms with Crippen LogP contribution >= 0.6 is 11.8 Å². The molecule has 1 fully saturated rings. The van der Waals surface area contributed by atoms with Gasteiger partial charge >= 0.3 is 0 Å². The first-order chi connectivity index (χ1) is 16.2. The molecule has 2 aliphatic heterocycles. The van der Waals surface area contributed by atoms with Crippen LogP contribution in [-0.2, 0) is 16.1 Å². The van der Waals surface area contributed by atoms with Gasteiger partial charge in [-0.25, -0.2) is 4.98 Å². The number of methoxy groups -OCH3 is 1. The Morgan fingerprint density at radius 2 is 2.24 bits per heavy atom. The molecule has 0 aliphatic carbocycles. The van der Waals surface area contributed by atoms with Crippen LogP contribution in [0.1, 0.15) is 24.1 Å². The maximum absolute atomic E-state index is 11.6. The Balaban J connectivity index is 1.15. The number of benzene rings is 1. The molecule has 0 bridgehead atoms. The third-order valence-electron chi connectivity index (χ3n) is 5.88. The first-order valence-electron chi connectivity index (χ1n) is 11.1. The summed E-state index contributed by atoms with van der Waals surface area (Å²) < 4.78 is 11.4. The molecule has 1 amide bonds. The second kappa shape index (κ2) is 9.91. The van der Waals surface area contributed by atoms with E-state index in [1.165, 1.54) is 11.8 Å². The van der Waals surface area contributed by atoms with E-state index in [2.05, 4.69) is 38.8 Å². The molecular formula is C25H26N4O3S. The molecule has 2 N–H and O–H groups in total. The van der Waals surface area contributed by atoms with Crippen molar-refractivity contribution in [3.63, 3.8) is 0 Å². The van der Waals surface area contributed by atoms with Crippen LogP contribution in [0, 0.1) is 0 Å². The van der Waals surface area contributed by atoms with E-state index in [0.29, 0.717) is 24.7 Å². The number of pyridine rings is 2. The van der Waals surface area contributed by atoms with Crippen LogP contribution in [-0.4, -0.2) is 47.5 Å². The zero-order valence-electron chi connectivity index (χ0n) is 18.4. The highest BCUT2D eigenvalue weighted by Gasteiger charge is 2.21. The fourth-order valence-electron chi connectivity index (χ4n) is 4.06. The highest BCUT2D eigenvalue weighted by atomic mass is 32.2. The van der Waals surface area contributed by atoms with E-state index < -0.39 is 0 Å². The number of anilines is 1. The predicted molar refractivity (Wildman–Crippen MR) is 131 cm³/mol. The molecule has 2 aliphatic rings. The molecule has 8 heteroatoms. The summed E-state index contributed by atoms with van der Waals surface area (Å²) in [5.74, 6) is 1.87. The molecule has 2 aromatic heterocycles. The molecule has 0 radical (unpaired) electrons. The lowest BCUT2D eigenvalue weighted by atomic mass is 10.0. The quantitative estimate of drug-likeness (QED) is 0.572. The second-order valence-electron chi connectivity index (χ2n) is 8.16. The Bertz CT molecular complexity index is 1190. The molecule has 0 saturated carbocycles. The molecule has 0 unspecified atom stereocenters. The van der Waals surface area contributed by atoms with Crippen LogP contribution in [0.2, 0.25) is 0 Å². The molecule has 1 aromatic carbocycles. The van der Waals surface area contributed by atoms with Crippen molar-refractivity contribution in [1.29, 1.82) is 0 Å². The number of nitrogens with one attached hydrogen (secondary N) is 2. The third kappa shape index (κ3) is 5.19. The number of rotatable bonds is 6. The van der Waals surface area contributed by atoms with Gasteiger partial charge in [-0.05, 0) is 42.7 Å². The van der Waals surface area contributed by atoms with Gasteiger partial charge in [0.1, 0.15) is 11.6 Å². The Kier molecular flexibility index (Phi) is 6.57. The van der Waals surface area contributed by atoms with Crippen LogP contribution in [0.5, 0.6) is 5.75 Å². The van der Waals surface area contributed by atoms with Crippen molar-refractivity contribution in [2.75, 3.05) is 24.8 Å². The molecule has 4 heterocycles. The van der Waals surface area contributed by atoms with Crippen molar-refractivity contribution >= 4 is 40.5 Å². The summed E-state index contributed by atoms with van der Waals surface area (Å²) in [6, 6.07) is 12.4. The Morgan fingerprint density at radius 1 is 1.30 bits per heavy atom. The smallest absolute Gasteiger partial charge is 0.235 e. The largest absolute Gasteiger partial charge is 0.495 e. The average molecular weight is 463 g/mol. The number of carbonyl (C=O) groups is 1. The zero-order valence-corrected chi connectivity index (χ0v) is 19.2. The highest BCUT2D eigenvalue weighted by molar-refractivity contribution is 8.00. The summed E-state index contributed by atoms with van der Waals surface area (Å²) in [7, 11) is 1.65. The molecule has 2 atom stereocenters. The van der Waals surface area contributed by atoms with E-state index in [9.17, 15) is 4.79 Å². The lowest BCUT2D eigenvalue weighted by Gasteiger charge is -2.28. The van der Waals surface area contributed by atoms with Crippen LogP contribution in [0.15, 0.2) is 53.6 Å². The minimum atomic E-state index is 0.00351. The SMILES string of the molecule is COc1cnc2cccc(/C=C/[C@@H]3CC[C@@H](NCc4ccc5c(n4)NC(=O)CS5)CO3)c2c1. The maximum Gasteiger partial charge on any atom is 0.235 e. The van der Waals surface area contributed by atoms with Gasteiger partial charge in [-0.3, -0.25) is 9.78 Å². The maximum atomic E-state index is 11.6. The van der Waals surface area contributed by atoms with Crippen molar-refractivity contribution in [2.45, 2.75) is 36.4 Å². The van der Waals surface area contributed by atoms with Gasteiger partial charge in [0.15, 0.2) is 0 Å². The molecule has 0 spiro atoms. The summed E-state index contributed by atoms with van der Waals surface area (Å²) in [5.41, 5.74) is 2.96. The molecule has 170 valence electrons. The van der Waals surface area contributed by atoms with Gasteiger partial charge in [-0.2, -0.15) is 0 Å². The van der Waals surface area contributed by atoms with E-state index in [1.807, 2.05) is 30.3 Å². The van der Waals surface area contributed by atoms with Gasteiger partial charge in [-0.15, -0.1) is 11.8 Å². The third-order valence-corrected chi connectivity index (χ3v) is 6.92.